The van der Waals surface area contributed by atoms with Gasteiger partial charge in [-0.25, -0.2) is 0 Å². The van der Waals surface area contributed by atoms with E-state index in [0.29, 0.717) is 13.2 Å². The van der Waals surface area contributed by atoms with E-state index >= 15 is 0 Å². The van der Waals surface area contributed by atoms with Crippen molar-refractivity contribution in [3.05, 3.63) is 23.8 Å². The summed E-state index contributed by atoms with van der Waals surface area (Å²) in [4.78, 5) is 14.7. The summed E-state index contributed by atoms with van der Waals surface area (Å²) in [7, 11) is 3.37. The molecule has 210 valence electrons. The molecule has 1 aromatic carbocycles. The number of hydrogen-bond acceptors (Lipinski definition) is 6. The van der Waals surface area contributed by atoms with E-state index in [1.165, 1.54) is 12.0 Å². The lowest BCUT2D eigenvalue weighted by atomic mass is 10.00. The first-order valence-corrected chi connectivity index (χ1v) is 13.0. The second-order valence-corrected chi connectivity index (χ2v) is 9.13. The highest BCUT2D eigenvalue weighted by Gasteiger charge is 2.13. The first-order chi connectivity index (χ1) is 16.6. The minimum Gasteiger partial charge on any atom is -0.493 e. The van der Waals surface area contributed by atoms with Crippen molar-refractivity contribution in [1.82, 2.24) is 10.2 Å². The zero-order valence-corrected chi connectivity index (χ0v) is 24.1. The standard InChI is InChI=1S/C27H46N2O5.2ClH/c1-23(27(30)28-14-8-15-29-16-20-33-21-17-29)10-6-4-5-7-11-24-12-13-25(32-3)26(22-24)34-19-9-18-31-2;;/h12-13,22-23H,4-11,14-21H2,1-3H3,(H,28,30);2*1H/t23-;;/m1../s1. The molecule has 0 bridgehead atoms. The summed E-state index contributed by atoms with van der Waals surface area (Å²) in [6, 6.07) is 6.20. The van der Waals surface area contributed by atoms with Crippen molar-refractivity contribution in [1.29, 1.82) is 0 Å². The van der Waals surface area contributed by atoms with Gasteiger partial charge in [0.05, 0.1) is 26.9 Å². The first-order valence-electron chi connectivity index (χ1n) is 13.0. The molecule has 7 nitrogen and oxygen atoms in total. The number of ether oxygens (including phenoxy) is 4. The molecule has 1 amide bonds. The van der Waals surface area contributed by atoms with E-state index < -0.39 is 0 Å². The fraction of sp³-hybridized carbons (Fsp3) is 0.741. The van der Waals surface area contributed by atoms with Crippen LogP contribution in [0.2, 0.25) is 0 Å². The third kappa shape index (κ3) is 14.5. The zero-order valence-electron chi connectivity index (χ0n) is 22.4. The van der Waals surface area contributed by atoms with E-state index in [4.69, 9.17) is 18.9 Å². The molecule has 0 aromatic heterocycles. The number of halogens is 2. The van der Waals surface area contributed by atoms with Crippen molar-refractivity contribution in [3.63, 3.8) is 0 Å². The topological polar surface area (TPSA) is 69.3 Å². The summed E-state index contributed by atoms with van der Waals surface area (Å²) in [5.41, 5.74) is 1.27. The number of nitrogens with zero attached hydrogens (tertiary/aromatic N) is 1. The van der Waals surface area contributed by atoms with E-state index in [9.17, 15) is 4.79 Å². The van der Waals surface area contributed by atoms with Crippen molar-refractivity contribution in [2.45, 2.75) is 58.3 Å². The molecule has 1 aromatic rings. The second kappa shape index (κ2) is 21.8. The Bertz CT molecular complexity index is 690. The number of benzene rings is 1. The number of unbranched alkanes of at least 4 members (excludes halogenated alkanes) is 3. The molecule has 36 heavy (non-hydrogen) atoms. The molecule has 9 heteroatoms. The highest BCUT2D eigenvalue weighted by molar-refractivity contribution is 5.85. The third-order valence-electron chi connectivity index (χ3n) is 6.33. The van der Waals surface area contributed by atoms with Gasteiger partial charge in [-0.3, -0.25) is 9.69 Å². The number of methoxy groups -OCH3 is 2. The van der Waals surface area contributed by atoms with Crippen LogP contribution in [-0.2, 0) is 20.7 Å². The normalized spacial score (nSPS) is 14.3. The number of carbonyl (C=O) groups is 1. The molecular weight excluding hydrogens is 503 g/mol. The molecule has 0 radical (unpaired) electrons. The van der Waals surface area contributed by atoms with Crippen LogP contribution >= 0.6 is 24.8 Å². The fourth-order valence-corrected chi connectivity index (χ4v) is 4.15. The van der Waals surface area contributed by atoms with Crippen molar-refractivity contribution >= 4 is 30.7 Å². The highest BCUT2D eigenvalue weighted by Crippen LogP contribution is 2.29. The molecule has 1 saturated heterocycles. The van der Waals surface area contributed by atoms with Crippen LogP contribution in [0.1, 0.15) is 57.4 Å². The van der Waals surface area contributed by atoms with Crippen molar-refractivity contribution < 1.29 is 23.7 Å². The summed E-state index contributed by atoms with van der Waals surface area (Å²) >= 11 is 0. The van der Waals surface area contributed by atoms with Gasteiger partial charge >= 0.3 is 0 Å². The largest absolute Gasteiger partial charge is 0.493 e. The predicted octanol–water partition coefficient (Wildman–Crippen LogP) is 4.92. The molecule has 0 unspecified atom stereocenters. The molecule has 1 atom stereocenters. The van der Waals surface area contributed by atoms with Gasteiger partial charge < -0.3 is 24.3 Å². The van der Waals surface area contributed by atoms with Gasteiger partial charge in [0.15, 0.2) is 11.5 Å². The Balaban J connectivity index is 0.00000612. The van der Waals surface area contributed by atoms with Gasteiger partial charge in [-0.1, -0.05) is 32.3 Å². The number of amides is 1. The molecule has 2 rings (SSSR count). The van der Waals surface area contributed by atoms with Gasteiger partial charge in [-0.2, -0.15) is 0 Å². The Kier molecular flexibility index (Phi) is 21.0. The zero-order chi connectivity index (χ0) is 24.4. The van der Waals surface area contributed by atoms with E-state index in [0.717, 1.165) is 95.8 Å². The number of carbonyl (C=O) groups excluding carboxylic acids is 1. The lowest BCUT2D eigenvalue weighted by molar-refractivity contribution is -0.124. The summed E-state index contributed by atoms with van der Waals surface area (Å²) in [5, 5.41) is 3.11. The molecule has 0 spiro atoms. The van der Waals surface area contributed by atoms with Crippen molar-refractivity contribution in [2.24, 2.45) is 5.92 Å². The van der Waals surface area contributed by atoms with Gasteiger partial charge in [-0.05, 0) is 49.9 Å². The number of aryl methyl sites for hydroxylation is 1. The number of morpholine rings is 1. The lowest BCUT2D eigenvalue weighted by Crippen LogP contribution is -2.38. The van der Waals surface area contributed by atoms with E-state index in [1.807, 2.05) is 13.0 Å². The van der Waals surface area contributed by atoms with Gasteiger partial charge in [-0.15, -0.1) is 24.8 Å². The Morgan fingerprint density at radius 3 is 2.47 bits per heavy atom. The average Bonchev–Trinajstić information content (AvgIpc) is 2.87. The van der Waals surface area contributed by atoms with Crippen LogP contribution in [0.4, 0.5) is 0 Å². The molecule has 1 fully saturated rings. The Labute approximate surface area is 230 Å². The van der Waals surface area contributed by atoms with Crippen LogP contribution in [-0.4, -0.2) is 77.6 Å². The van der Waals surface area contributed by atoms with Crippen molar-refractivity contribution in [2.75, 3.05) is 66.8 Å². The van der Waals surface area contributed by atoms with Crippen LogP contribution < -0.4 is 14.8 Å². The maximum Gasteiger partial charge on any atom is 0.222 e. The van der Waals surface area contributed by atoms with Gasteiger partial charge in [0, 0.05) is 45.7 Å². The number of rotatable bonds is 18. The molecule has 1 aliphatic heterocycles. The minimum absolute atomic E-state index is 0. The molecular formula is C27H48Cl2N2O5. The average molecular weight is 552 g/mol. The number of hydrogen-bond donors (Lipinski definition) is 1. The van der Waals surface area contributed by atoms with E-state index in [2.05, 4.69) is 22.3 Å². The Morgan fingerprint density at radius 1 is 1.00 bits per heavy atom. The molecule has 1 aliphatic rings. The quantitative estimate of drug-likeness (QED) is 0.261. The monoisotopic (exact) mass is 550 g/mol. The van der Waals surface area contributed by atoms with E-state index in [1.54, 1.807) is 14.2 Å². The fourth-order valence-electron chi connectivity index (χ4n) is 4.15. The van der Waals surface area contributed by atoms with Crippen LogP contribution in [0.15, 0.2) is 18.2 Å². The SMILES string of the molecule is COCCCOc1cc(CCCCCC[C@@H](C)C(=O)NCCCN2CCOCC2)ccc1OC.Cl.Cl. The Hall–Kier alpha value is -1.25. The van der Waals surface area contributed by atoms with Crippen LogP contribution in [0, 0.1) is 5.92 Å². The summed E-state index contributed by atoms with van der Waals surface area (Å²) < 4.78 is 21.7. The smallest absolute Gasteiger partial charge is 0.222 e. The number of nitrogens with one attached hydrogen (secondary N) is 1. The molecule has 1 heterocycles. The minimum atomic E-state index is 0. The summed E-state index contributed by atoms with van der Waals surface area (Å²) in [6.45, 7) is 8.82. The van der Waals surface area contributed by atoms with Gasteiger partial charge in [0.2, 0.25) is 5.91 Å². The first kappa shape index (κ1) is 34.8. The summed E-state index contributed by atoms with van der Waals surface area (Å²) in [6.07, 6.45) is 8.40. The molecule has 0 saturated carbocycles. The van der Waals surface area contributed by atoms with Gasteiger partial charge in [0.25, 0.3) is 0 Å². The van der Waals surface area contributed by atoms with E-state index in [-0.39, 0.29) is 36.6 Å². The third-order valence-corrected chi connectivity index (χ3v) is 6.33. The van der Waals surface area contributed by atoms with Crippen LogP contribution in [0.25, 0.3) is 0 Å². The maximum atomic E-state index is 12.3. The van der Waals surface area contributed by atoms with Crippen molar-refractivity contribution in [3.8, 4) is 11.5 Å². The lowest BCUT2D eigenvalue weighted by Gasteiger charge is -2.26. The van der Waals surface area contributed by atoms with Crippen LogP contribution in [0.5, 0.6) is 11.5 Å². The molecule has 0 aliphatic carbocycles. The second-order valence-electron chi connectivity index (χ2n) is 9.13. The molecule has 1 N–H and O–H groups in total. The van der Waals surface area contributed by atoms with Gasteiger partial charge in [0.1, 0.15) is 0 Å². The highest BCUT2D eigenvalue weighted by atomic mass is 35.5. The van der Waals surface area contributed by atoms with Crippen LogP contribution in [0.3, 0.4) is 0 Å². The summed E-state index contributed by atoms with van der Waals surface area (Å²) in [5.74, 6) is 1.86. The predicted molar refractivity (Wildman–Crippen MR) is 150 cm³/mol. The maximum absolute atomic E-state index is 12.3. The Morgan fingerprint density at radius 2 is 1.75 bits per heavy atom.